The van der Waals surface area contributed by atoms with Gasteiger partial charge in [-0.1, -0.05) is 0 Å². The molecule has 4 nitrogen and oxygen atoms in total. The summed E-state index contributed by atoms with van der Waals surface area (Å²) < 4.78 is 7.90. The predicted molar refractivity (Wildman–Crippen MR) is 62.0 cm³/mol. The van der Waals surface area contributed by atoms with Crippen molar-refractivity contribution < 1.29 is 4.74 Å². The average molecular weight is 270 g/mol. The minimum Gasteiger partial charge on any atom is -0.495 e. The zero-order chi connectivity index (χ0) is 11.0. The van der Waals surface area contributed by atoms with Crippen molar-refractivity contribution in [2.24, 2.45) is 5.73 Å². The van der Waals surface area contributed by atoms with Gasteiger partial charge in [0.05, 0.1) is 24.9 Å². The molecule has 2 heterocycles. The number of aromatic nitrogens is 2. The number of imidazole rings is 1. The van der Waals surface area contributed by atoms with Gasteiger partial charge < -0.3 is 10.5 Å². The molecule has 0 saturated heterocycles. The topological polar surface area (TPSA) is 52.5 Å². The Morgan fingerprint density at radius 2 is 2.27 bits per heavy atom. The Labute approximate surface area is 96.2 Å². The van der Waals surface area contributed by atoms with Crippen molar-refractivity contribution in [3.05, 3.63) is 28.8 Å². The molecular weight excluding hydrogens is 258 g/mol. The molecule has 0 spiro atoms. The molecule has 5 heteroatoms. The molecule has 0 saturated carbocycles. The summed E-state index contributed by atoms with van der Waals surface area (Å²) in [7, 11) is 1.64. The molecule has 2 aromatic rings. The van der Waals surface area contributed by atoms with Crippen LogP contribution >= 0.6 is 15.9 Å². The largest absolute Gasteiger partial charge is 0.495 e. The molecule has 0 aliphatic rings. The number of pyridine rings is 1. The first-order valence-electron chi connectivity index (χ1n) is 4.60. The van der Waals surface area contributed by atoms with Gasteiger partial charge in [-0.15, -0.1) is 0 Å². The third-order valence-corrected chi connectivity index (χ3v) is 2.82. The van der Waals surface area contributed by atoms with Crippen molar-refractivity contribution in [1.29, 1.82) is 0 Å². The van der Waals surface area contributed by atoms with Gasteiger partial charge in [0.1, 0.15) is 16.2 Å². The number of methoxy groups -OCH3 is 1. The van der Waals surface area contributed by atoms with Gasteiger partial charge in [0.25, 0.3) is 0 Å². The van der Waals surface area contributed by atoms with E-state index in [1.807, 2.05) is 29.7 Å². The lowest BCUT2D eigenvalue weighted by Crippen LogP contribution is -2.09. The highest BCUT2D eigenvalue weighted by molar-refractivity contribution is 9.10. The Hall–Kier alpha value is -1.07. The molecule has 1 unspecified atom stereocenters. The fourth-order valence-electron chi connectivity index (χ4n) is 1.49. The van der Waals surface area contributed by atoms with Gasteiger partial charge in [-0.25, -0.2) is 4.98 Å². The second-order valence-electron chi connectivity index (χ2n) is 3.37. The van der Waals surface area contributed by atoms with Crippen LogP contribution in [0.15, 0.2) is 22.9 Å². The lowest BCUT2D eigenvalue weighted by Gasteiger charge is -2.05. The van der Waals surface area contributed by atoms with E-state index in [2.05, 4.69) is 20.9 Å². The molecule has 15 heavy (non-hydrogen) atoms. The summed E-state index contributed by atoms with van der Waals surface area (Å²) in [5, 5.41) is 0. The quantitative estimate of drug-likeness (QED) is 0.909. The molecule has 0 aliphatic carbocycles. The number of fused-ring (bicyclic) bond motifs is 1. The van der Waals surface area contributed by atoms with Gasteiger partial charge in [-0.3, -0.25) is 4.40 Å². The zero-order valence-electron chi connectivity index (χ0n) is 8.57. The lowest BCUT2D eigenvalue weighted by molar-refractivity contribution is 0.412. The van der Waals surface area contributed by atoms with E-state index in [9.17, 15) is 0 Å². The van der Waals surface area contributed by atoms with E-state index in [-0.39, 0.29) is 6.04 Å². The number of hydrogen-bond donors (Lipinski definition) is 1. The smallest absolute Gasteiger partial charge is 0.135 e. The van der Waals surface area contributed by atoms with E-state index in [4.69, 9.17) is 10.5 Å². The van der Waals surface area contributed by atoms with Crippen LogP contribution in [0, 0.1) is 0 Å². The number of nitrogens with two attached hydrogens (primary N) is 1. The molecule has 0 fully saturated rings. The summed E-state index contributed by atoms with van der Waals surface area (Å²) in [5.41, 5.74) is 6.83. The van der Waals surface area contributed by atoms with E-state index in [0.29, 0.717) is 0 Å². The van der Waals surface area contributed by atoms with Crippen LogP contribution in [-0.2, 0) is 0 Å². The van der Waals surface area contributed by atoms with Crippen LogP contribution in [0.5, 0.6) is 5.75 Å². The molecule has 0 amide bonds. The maximum Gasteiger partial charge on any atom is 0.135 e. The molecule has 0 aromatic carbocycles. The summed E-state index contributed by atoms with van der Waals surface area (Å²) in [5.74, 6) is 1.60. The SMILES string of the molecule is COc1ccc2c(Br)nc(C(C)N)n2c1. The summed E-state index contributed by atoms with van der Waals surface area (Å²) in [6.07, 6.45) is 1.88. The second-order valence-corrected chi connectivity index (χ2v) is 4.12. The van der Waals surface area contributed by atoms with E-state index in [1.54, 1.807) is 7.11 Å². The van der Waals surface area contributed by atoms with Crippen LogP contribution in [0.1, 0.15) is 18.8 Å². The van der Waals surface area contributed by atoms with Gasteiger partial charge >= 0.3 is 0 Å². The molecule has 1 atom stereocenters. The number of hydrogen-bond acceptors (Lipinski definition) is 3. The normalized spacial score (nSPS) is 13.1. The average Bonchev–Trinajstić information content (AvgIpc) is 2.56. The van der Waals surface area contributed by atoms with Gasteiger partial charge in [-0.2, -0.15) is 0 Å². The third-order valence-electron chi connectivity index (χ3n) is 2.24. The molecule has 2 rings (SSSR count). The zero-order valence-corrected chi connectivity index (χ0v) is 10.2. The van der Waals surface area contributed by atoms with Crippen molar-refractivity contribution in [3.63, 3.8) is 0 Å². The summed E-state index contributed by atoms with van der Waals surface area (Å²) >= 11 is 3.40. The van der Waals surface area contributed by atoms with E-state index < -0.39 is 0 Å². The van der Waals surface area contributed by atoms with Crippen molar-refractivity contribution in [2.75, 3.05) is 7.11 Å². The molecule has 2 N–H and O–H groups in total. The molecule has 80 valence electrons. The number of halogens is 1. The minimum atomic E-state index is -0.115. The van der Waals surface area contributed by atoms with E-state index in [0.717, 1.165) is 21.7 Å². The summed E-state index contributed by atoms with van der Waals surface area (Å²) in [6.45, 7) is 1.90. The maximum absolute atomic E-state index is 5.84. The van der Waals surface area contributed by atoms with Crippen LogP contribution in [0.3, 0.4) is 0 Å². The number of ether oxygens (including phenoxy) is 1. The third kappa shape index (κ3) is 1.72. The van der Waals surface area contributed by atoms with E-state index in [1.165, 1.54) is 0 Å². The highest BCUT2D eigenvalue weighted by Gasteiger charge is 2.12. The second kappa shape index (κ2) is 3.83. The fourth-order valence-corrected chi connectivity index (χ4v) is 2.00. The standard InChI is InChI=1S/C10H12BrN3O/c1-6(12)10-13-9(11)8-4-3-7(15-2)5-14(8)10/h3-6H,12H2,1-2H3. The van der Waals surface area contributed by atoms with Gasteiger partial charge in [-0.05, 0) is 35.0 Å². The first-order valence-corrected chi connectivity index (χ1v) is 5.40. The van der Waals surface area contributed by atoms with Crippen LogP contribution in [0.25, 0.3) is 5.52 Å². The highest BCUT2D eigenvalue weighted by atomic mass is 79.9. The van der Waals surface area contributed by atoms with Crippen LogP contribution in [0.4, 0.5) is 0 Å². The number of nitrogens with zero attached hydrogens (tertiary/aromatic N) is 2. The van der Waals surface area contributed by atoms with Gasteiger partial charge in [0.2, 0.25) is 0 Å². The molecular formula is C10H12BrN3O. The Morgan fingerprint density at radius 3 is 2.87 bits per heavy atom. The first-order chi connectivity index (χ1) is 7.13. The Kier molecular flexibility index (Phi) is 2.67. The maximum atomic E-state index is 5.84. The van der Waals surface area contributed by atoms with Crippen molar-refractivity contribution >= 4 is 21.4 Å². The van der Waals surface area contributed by atoms with E-state index >= 15 is 0 Å². The first kappa shape index (κ1) is 10.4. The van der Waals surface area contributed by atoms with Crippen molar-refractivity contribution in [2.45, 2.75) is 13.0 Å². The molecule has 0 aliphatic heterocycles. The highest BCUT2D eigenvalue weighted by Crippen LogP contribution is 2.24. The Balaban J connectivity index is 2.71. The molecule has 2 aromatic heterocycles. The Morgan fingerprint density at radius 1 is 1.53 bits per heavy atom. The molecule has 0 bridgehead atoms. The fraction of sp³-hybridized carbons (Fsp3) is 0.300. The number of rotatable bonds is 2. The van der Waals surface area contributed by atoms with Crippen LogP contribution in [-0.4, -0.2) is 16.5 Å². The monoisotopic (exact) mass is 269 g/mol. The van der Waals surface area contributed by atoms with Gasteiger partial charge in [0.15, 0.2) is 0 Å². The van der Waals surface area contributed by atoms with Crippen LogP contribution < -0.4 is 10.5 Å². The summed E-state index contributed by atoms with van der Waals surface area (Å²) in [4.78, 5) is 4.36. The van der Waals surface area contributed by atoms with Crippen LogP contribution in [0.2, 0.25) is 0 Å². The molecule has 0 radical (unpaired) electrons. The Bertz CT molecular complexity index is 493. The van der Waals surface area contributed by atoms with Crippen molar-refractivity contribution in [3.8, 4) is 5.75 Å². The van der Waals surface area contributed by atoms with Crippen molar-refractivity contribution in [1.82, 2.24) is 9.38 Å². The minimum absolute atomic E-state index is 0.115. The lowest BCUT2D eigenvalue weighted by atomic mass is 10.3. The predicted octanol–water partition coefficient (Wildman–Crippen LogP) is 2.13. The van der Waals surface area contributed by atoms with Gasteiger partial charge in [0, 0.05) is 0 Å². The summed E-state index contributed by atoms with van der Waals surface area (Å²) in [6, 6.07) is 3.73.